The molecule has 0 amide bonds. The number of aromatic hydroxyl groups is 2. The van der Waals surface area contributed by atoms with Crippen LogP contribution in [0.3, 0.4) is 0 Å². The Hall–Kier alpha value is -5.01. The zero-order chi connectivity index (χ0) is 22.7. The molecule has 158 valence electrons. The molecule has 0 aliphatic heterocycles. The van der Waals surface area contributed by atoms with E-state index in [4.69, 9.17) is 0 Å². The summed E-state index contributed by atoms with van der Waals surface area (Å²) in [6, 6.07) is 8.09. The SMILES string of the molecule is O=c1[nH]c(O)c(/C(=N/Nc2ccc([N+](=O)[O-])cc2[N+](=O)[O-])c2cccc(O)c2)c(=O)[nH]1. The van der Waals surface area contributed by atoms with Crippen LogP contribution < -0.4 is 16.7 Å². The monoisotopic (exact) mass is 428 g/mol. The Morgan fingerprint density at radius 1 is 1.00 bits per heavy atom. The van der Waals surface area contributed by atoms with Crippen LogP contribution in [0.25, 0.3) is 0 Å². The van der Waals surface area contributed by atoms with Gasteiger partial charge in [-0.3, -0.25) is 40.4 Å². The van der Waals surface area contributed by atoms with E-state index in [1.807, 2.05) is 9.97 Å². The van der Waals surface area contributed by atoms with Crippen molar-refractivity contribution in [2.45, 2.75) is 0 Å². The topological polar surface area (TPSA) is 217 Å². The standard InChI is InChI=1S/C17H12N6O8/c24-10-3-1-2-8(6-10)14(13-15(25)18-17(27)19-16(13)26)21-20-11-5-4-9(22(28)29)7-12(11)23(30)31/h1-7,20,24H,(H3,18,19,25,26,27)/b21-14+. The molecule has 0 aliphatic carbocycles. The second kappa shape index (κ2) is 8.16. The molecular formula is C17H12N6O8. The van der Waals surface area contributed by atoms with Gasteiger partial charge in [-0.25, -0.2) is 4.79 Å². The molecule has 1 heterocycles. The maximum absolute atomic E-state index is 12.3. The molecule has 0 saturated heterocycles. The van der Waals surface area contributed by atoms with Crippen LogP contribution >= 0.6 is 0 Å². The summed E-state index contributed by atoms with van der Waals surface area (Å²) in [6.07, 6.45) is 0. The second-order valence-corrected chi connectivity index (χ2v) is 5.97. The normalized spacial score (nSPS) is 11.2. The third kappa shape index (κ3) is 4.37. The lowest BCUT2D eigenvalue weighted by Gasteiger charge is -2.09. The highest BCUT2D eigenvalue weighted by atomic mass is 16.6. The molecule has 0 bridgehead atoms. The van der Waals surface area contributed by atoms with Crippen molar-refractivity contribution in [1.29, 1.82) is 0 Å². The van der Waals surface area contributed by atoms with Gasteiger partial charge in [0.1, 0.15) is 22.7 Å². The molecule has 0 unspecified atom stereocenters. The number of rotatable bonds is 6. The predicted octanol–water partition coefficient (Wildman–Crippen LogP) is 1.16. The summed E-state index contributed by atoms with van der Waals surface area (Å²) in [5.41, 5.74) is -1.82. The quantitative estimate of drug-likeness (QED) is 0.216. The van der Waals surface area contributed by atoms with Crippen molar-refractivity contribution in [3.63, 3.8) is 0 Å². The Balaban J connectivity index is 2.18. The molecule has 0 atom stereocenters. The molecule has 0 radical (unpaired) electrons. The van der Waals surface area contributed by atoms with Crippen LogP contribution in [0.2, 0.25) is 0 Å². The Bertz CT molecular complexity index is 1340. The second-order valence-electron chi connectivity index (χ2n) is 5.97. The van der Waals surface area contributed by atoms with Gasteiger partial charge in [0.15, 0.2) is 0 Å². The minimum atomic E-state index is -1.02. The fraction of sp³-hybridized carbons (Fsp3) is 0. The van der Waals surface area contributed by atoms with E-state index < -0.39 is 43.9 Å². The number of benzene rings is 2. The first-order valence-corrected chi connectivity index (χ1v) is 8.29. The van der Waals surface area contributed by atoms with Crippen LogP contribution in [-0.4, -0.2) is 35.7 Å². The van der Waals surface area contributed by atoms with Gasteiger partial charge in [-0.15, -0.1) is 0 Å². The highest BCUT2D eigenvalue weighted by molar-refractivity contribution is 6.14. The number of hydrazone groups is 1. The Morgan fingerprint density at radius 2 is 1.74 bits per heavy atom. The number of phenols is 1. The van der Waals surface area contributed by atoms with E-state index in [1.54, 1.807) is 0 Å². The summed E-state index contributed by atoms with van der Waals surface area (Å²) in [6.45, 7) is 0. The largest absolute Gasteiger partial charge is 0.508 e. The van der Waals surface area contributed by atoms with Crippen LogP contribution in [0, 0.1) is 20.2 Å². The van der Waals surface area contributed by atoms with E-state index in [0.717, 1.165) is 18.2 Å². The average Bonchev–Trinajstić information content (AvgIpc) is 2.69. The van der Waals surface area contributed by atoms with E-state index in [9.17, 15) is 40.0 Å². The van der Waals surface area contributed by atoms with Crippen LogP contribution in [-0.2, 0) is 0 Å². The van der Waals surface area contributed by atoms with Gasteiger partial charge in [-0.1, -0.05) is 12.1 Å². The van der Waals surface area contributed by atoms with Gasteiger partial charge in [0.25, 0.3) is 11.2 Å². The van der Waals surface area contributed by atoms with Gasteiger partial charge >= 0.3 is 11.4 Å². The summed E-state index contributed by atoms with van der Waals surface area (Å²) in [5, 5.41) is 45.9. The lowest BCUT2D eigenvalue weighted by atomic mass is 10.0. The summed E-state index contributed by atoms with van der Waals surface area (Å²) in [4.78, 5) is 48.0. The van der Waals surface area contributed by atoms with Gasteiger partial charge in [-0.05, 0) is 18.2 Å². The Kier molecular flexibility index (Phi) is 5.45. The number of aromatic nitrogens is 2. The first kappa shape index (κ1) is 20.7. The van der Waals surface area contributed by atoms with Crippen molar-refractivity contribution >= 4 is 22.8 Å². The molecule has 5 N–H and O–H groups in total. The molecular weight excluding hydrogens is 416 g/mol. The lowest BCUT2D eigenvalue weighted by Crippen LogP contribution is -2.28. The number of aromatic amines is 2. The van der Waals surface area contributed by atoms with Crippen LogP contribution in [0.4, 0.5) is 17.1 Å². The van der Waals surface area contributed by atoms with E-state index in [0.29, 0.717) is 0 Å². The van der Waals surface area contributed by atoms with Crippen molar-refractivity contribution < 1.29 is 20.1 Å². The fourth-order valence-electron chi connectivity index (χ4n) is 2.61. The van der Waals surface area contributed by atoms with Crippen molar-refractivity contribution in [3.8, 4) is 11.6 Å². The first-order valence-electron chi connectivity index (χ1n) is 8.29. The maximum Gasteiger partial charge on any atom is 0.328 e. The van der Waals surface area contributed by atoms with Gasteiger partial charge < -0.3 is 10.2 Å². The van der Waals surface area contributed by atoms with Crippen LogP contribution in [0.1, 0.15) is 11.1 Å². The van der Waals surface area contributed by atoms with Crippen LogP contribution in [0.5, 0.6) is 11.6 Å². The summed E-state index contributed by atoms with van der Waals surface area (Å²) < 4.78 is 0. The van der Waals surface area contributed by atoms with Gasteiger partial charge in [-0.2, -0.15) is 5.10 Å². The van der Waals surface area contributed by atoms with Crippen molar-refractivity contribution in [3.05, 3.63) is 94.7 Å². The van der Waals surface area contributed by atoms with Crippen molar-refractivity contribution in [1.82, 2.24) is 9.97 Å². The molecule has 3 aromatic rings. The summed E-state index contributed by atoms with van der Waals surface area (Å²) in [7, 11) is 0. The average molecular weight is 428 g/mol. The highest BCUT2D eigenvalue weighted by Gasteiger charge is 2.22. The van der Waals surface area contributed by atoms with Gasteiger partial charge in [0.2, 0.25) is 5.88 Å². The summed E-state index contributed by atoms with van der Waals surface area (Å²) >= 11 is 0. The predicted molar refractivity (Wildman–Crippen MR) is 106 cm³/mol. The number of hydrogen-bond donors (Lipinski definition) is 5. The number of nitrogens with zero attached hydrogens (tertiary/aromatic N) is 3. The van der Waals surface area contributed by atoms with Crippen molar-refractivity contribution in [2.75, 3.05) is 5.43 Å². The summed E-state index contributed by atoms with van der Waals surface area (Å²) in [5.74, 6) is -1.05. The molecule has 31 heavy (non-hydrogen) atoms. The van der Waals surface area contributed by atoms with Crippen molar-refractivity contribution in [2.24, 2.45) is 5.10 Å². The number of anilines is 1. The van der Waals surface area contributed by atoms with E-state index in [-0.39, 0.29) is 22.7 Å². The van der Waals surface area contributed by atoms with E-state index >= 15 is 0 Å². The zero-order valence-corrected chi connectivity index (χ0v) is 15.2. The van der Waals surface area contributed by atoms with E-state index in [1.165, 1.54) is 24.3 Å². The molecule has 14 nitrogen and oxygen atoms in total. The number of nitro benzene ring substituents is 2. The maximum atomic E-state index is 12.3. The van der Waals surface area contributed by atoms with Gasteiger partial charge in [0, 0.05) is 11.6 Å². The molecule has 2 aromatic carbocycles. The Labute approximate surface area is 170 Å². The Morgan fingerprint density at radius 3 is 2.35 bits per heavy atom. The number of hydrogen-bond acceptors (Lipinski definition) is 10. The minimum absolute atomic E-state index is 0.102. The lowest BCUT2D eigenvalue weighted by molar-refractivity contribution is -0.393. The molecule has 3 rings (SSSR count). The first-order chi connectivity index (χ1) is 14.7. The minimum Gasteiger partial charge on any atom is -0.508 e. The number of nitrogens with one attached hydrogen (secondary N) is 3. The third-order valence-electron chi connectivity index (χ3n) is 3.96. The van der Waals surface area contributed by atoms with E-state index in [2.05, 4.69) is 10.5 Å². The fourth-order valence-corrected chi connectivity index (χ4v) is 2.61. The highest BCUT2D eigenvalue weighted by Crippen LogP contribution is 2.29. The molecule has 0 saturated carbocycles. The molecule has 0 aliphatic rings. The number of non-ortho nitro benzene ring substituents is 1. The molecule has 0 fully saturated rings. The number of phenolic OH excluding ortho intramolecular Hbond substituents is 1. The van der Waals surface area contributed by atoms with Crippen LogP contribution in [0.15, 0.2) is 57.2 Å². The molecule has 14 heteroatoms. The van der Waals surface area contributed by atoms with Gasteiger partial charge in [0.05, 0.1) is 15.9 Å². The zero-order valence-electron chi connectivity index (χ0n) is 15.2. The third-order valence-corrected chi connectivity index (χ3v) is 3.96. The molecule has 1 aromatic heterocycles. The molecule has 0 spiro atoms. The number of H-pyrrole nitrogens is 2. The smallest absolute Gasteiger partial charge is 0.328 e. The number of nitro groups is 2.